The summed E-state index contributed by atoms with van der Waals surface area (Å²) < 4.78 is 0. The van der Waals surface area contributed by atoms with E-state index in [1.807, 2.05) is 0 Å². The number of amides is 1. The number of rotatable bonds is 1. The molecule has 10 heavy (non-hydrogen) atoms. The second-order valence-corrected chi connectivity index (χ2v) is 2.29. The third kappa shape index (κ3) is 1.33. The molecule has 0 saturated heterocycles. The van der Waals surface area contributed by atoms with Crippen molar-refractivity contribution in [3.8, 4) is 0 Å². The fourth-order valence-electron chi connectivity index (χ4n) is 0.874. The Hall–Kier alpha value is -0.900. The van der Waals surface area contributed by atoms with E-state index < -0.39 is 0 Å². The Morgan fingerprint density at radius 1 is 1.70 bits per heavy atom. The van der Waals surface area contributed by atoms with Gasteiger partial charge in [0.15, 0.2) is 0 Å². The molecule has 0 bridgehead atoms. The van der Waals surface area contributed by atoms with Gasteiger partial charge >= 0.3 is 0 Å². The van der Waals surface area contributed by atoms with E-state index in [-0.39, 0.29) is 5.91 Å². The normalized spacial score (nSPS) is 19.2. The molecule has 0 aromatic carbocycles. The molecule has 0 fully saturated rings. The summed E-state index contributed by atoms with van der Waals surface area (Å²) in [5.74, 6) is 0.0669. The molecule has 0 aromatic heterocycles. The summed E-state index contributed by atoms with van der Waals surface area (Å²) in [6.07, 6.45) is 1.27. The van der Waals surface area contributed by atoms with E-state index in [9.17, 15) is 4.79 Å². The summed E-state index contributed by atoms with van der Waals surface area (Å²) >= 11 is 0. The molecule has 0 radical (unpaired) electrons. The summed E-state index contributed by atoms with van der Waals surface area (Å²) in [7, 11) is 1.65. The number of nitrogens with zero attached hydrogens (tertiary/aromatic N) is 2. The van der Waals surface area contributed by atoms with Gasteiger partial charge in [-0.05, 0) is 6.42 Å². The lowest BCUT2D eigenvalue weighted by molar-refractivity contribution is -0.130. The van der Waals surface area contributed by atoms with E-state index in [2.05, 4.69) is 5.10 Å². The molecular formula is C6H11N3O. The van der Waals surface area contributed by atoms with Crippen LogP contribution in [-0.4, -0.2) is 30.2 Å². The Morgan fingerprint density at radius 3 is 2.90 bits per heavy atom. The average molecular weight is 141 g/mol. The minimum atomic E-state index is 0.0669. The van der Waals surface area contributed by atoms with Crippen molar-refractivity contribution in [2.75, 3.05) is 13.6 Å². The Kier molecular flexibility index (Phi) is 2.01. The first-order chi connectivity index (χ1) is 4.74. The lowest BCUT2D eigenvalue weighted by Crippen LogP contribution is -2.31. The highest BCUT2D eigenvalue weighted by Crippen LogP contribution is 2.05. The van der Waals surface area contributed by atoms with Crippen molar-refractivity contribution in [3.05, 3.63) is 0 Å². The number of nitrogens with two attached hydrogens (primary N) is 1. The summed E-state index contributed by atoms with van der Waals surface area (Å²) in [5, 5.41) is 5.31. The van der Waals surface area contributed by atoms with Crippen LogP contribution in [0.3, 0.4) is 0 Å². The molecule has 4 heteroatoms. The van der Waals surface area contributed by atoms with Gasteiger partial charge in [-0.2, -0.15) is 5.10 Å². The van der Waals surface area contributed by atoms with E-state index >= 15 is 0 Å². The third-order valence-corrected chi connectivity index (χ3v) is 1.52. The topological polar surface area (TPSA) is 58.7 Å². The zero-order chi connectivity index (χ0) is 7.56. The fraction of sp³-hybridized carbons (Fsp3) is 0.667. The van der Waals surface area contributed by atoms with Crippen LogP contribution >= 0.6 is 0 Å². The summed E-state index contributed by atoms with van der Waals surface area (Å²) in [6, 6.07) is 0. The molecule has 2 N–H and O–H groups in total. The Bertz CT molecular complexity index is 176. The van der Waals surface area contributed by atoms with Crippen LogP contribution in [0.15, 0.2) is 5.10 Å². The second-order valence-electron chi connectivity index (χ2n) is 2.29. The summed E-state index contributed by atoms with van der Waals surface area (Å²) in [5.41, 5.74) is 6.25. The SMILES string of the molecule is CN1N=C(CN)CCC1=O. The van der Waals surface area contributed by atoms with Crippen LogP contribution in [0, 0.1) is 0 Å². The maximum absolute atomic E-state index is 10.8. The highest BCUT2D eigenvalue weighted by atomic mass is 16.2. The molecule has 1 aliphatic heterocycles. The molecule has 1 amide bonds. The third-order valence-electron chi connectivity index (χ3n) is 1.52. The van der Waals surface area contributed by atoms with Crippen molar-refractivity contribution >= 4 is 11.6 Å². The zero-order valence-corrected chi connectivity index (χ0v) is 6.00. The zero-order valence-electron chi connectivity index (χ0n) is 6.00. The minimum Gasteiger partial charge on any atom is -0.325 e. The molecule has 4 nitrogen and oxygen atoms in total. The van der Waals surface area contributed by atoms with Crippen molar-refractivity contribution in [1.29, 1.82) is 0 Å². The Labute approximate surface area is 59.7 Å². The fourth-order valence-corrected chi connectivity index (χ4v) is 0.874. The van der Waals surface area contributed by atoms with Gasteiger partial charge in [0.2, 0.25) is 5.91 Å². The average Bonchev–Trinajstić information content (AvgIpc) is 1.95. The lowest BCUT2D eigenvalue weighted by Gasteiger charge is -2.18. The molecular weight excluding hydrogens is 130 g/mol. The van der Waals surface area contributed by atoms with Gasteiger partial charge in [-0.15, -0.1) is 0 Å². The van der Waals surface area contributed by atoms with Crippen LogP contribution < -0.4 is 5.73 Å². The van der Waals surface area contributed by atoms with Crippen LogP contribution in [0.2, 0.25) is 0 Å². The summed E-state index contributed by atoms with van der Waals surface area (Å²) in [6.45, 7) is 0.456. The molecule has 0 aliphatic carbocycles. The highest BCUT2D eigenvalue weighted by Gasteiger charge is 2.14. The van der Waals surface area contributed by atoms with Crippen LogP contribution in [0.25, 0.3) is 0 Å². The molecule has 1 aliphatic rings. The summed E-state index contributed by atoms with van der Waals surface area (Å²) in [4.78, 5) is 10.8. The second kappa shape index (κ2) is 2.79. The quantitative estimate of drug-likeness (QED) is 0.538. The van der Waals surface area contributed by atoms with Gasteiger partial charge in [-0.1, -0.05) is 0 Å². The van der Waals surface area contributed by atoms with Gasteiger partial charge < -0.3 is 5.73 Å². The number of hydrogen-bond acceptors (Lipinski definition) is 3. The first-order valence-corrected chi connectivity index (χ1v) is 3.27. The van der Waals surface area contributed by atoms with Crippen LogP contribution in [0.5, 0.6) is 0 Å². The van der Waals surface area contributed by atoms with E-state index in [0.29, 0.717) is 13.0 Å². The molecule has 0 spiro atoms. The van der Waals surface area contributed by atoms with Crippen LogP contribution in [0.1, 0.15) is 12.8 Å². The smallest absolute Gasteiger partial charge is 0.242 e. The standard InChI is InChI=1S/C6H11N3O/c1-9-6(10)3-2-5(4-7)8-9/h2-4,7H2,1H3. The largest absolute Gasteiger partial charge is 0.325 e. The molecule has 0 atom stereocenters. The maximum atomic E-state index is 10.8. The van der Waals surface area contributed by atoms with Crippen molar-refractivity contribution in [2.24, 2.45) is 10.8 Å². The van der Waals surface area contributed by atoms with Crippen LogP contribution in [-0.2, 0) is 4.79 Å². The van der Waals surface area contributed by atoms with Crippen molar-refractivity contribution in [3.63, 3.8) is 0 Å². The van der Waals surface area contributed by atoms with Gasteiger partial charge in [-0.3, -0.25) is 4.79 Å². The van der Waals surface area contributed by atoms with Crippen molar-refractivity contribution in [1.82, 2.24) is 5.01 Å². The lowest BCUT2D eigenvalue weighted by atomic mass is 10.2. The molecule has 1 rings (SSSR count). The highest BCUT2D eigenvalue weighted by molar-refractivity contribution is 5.93. The van der Waals surface area contributed by atoms with Gasteiger partial charge in [0.25, 0.3) is 0 Å². The van der Waals surface area contributed by atoms with E-state index in [1.54, 1.807) is 7.05 Å². The minimum absolute atomic E-state index is 0.0669. The Morgan fingerprint density at radius 2 is 2.40 bits per heavy atom. The van der Waals surface area contributed by atoms with Gasteiger partial charge in [0.1, 0.15) is 0 Å². The number of carbonyl (C=O) groups excluding carboxylic acids is 1. The molecule has 1 heterocycles. The Balaban J connectivity index is 2.65. The first kappa shape index (κ1) is 7.21. The van der Waals surface area contributed by atoms with Crippen molar-refractivity contribution < 1.29 is 4.79 Å². The van der Waals surface area contributed by atoms with Crippen molar-refractivity contribution in [2.45, 2.75) is 12.8 Å². The first-order valence-electron chi connectivity index (χ1n) is 3.27. The van der Waals surface area contributed by atoms with Gasteiger partial charge in [0, 0.05) is 20.0 Å². The molecule has 0 unspecified atom stereocenters. The monoisotopic (exact) mass is 141 g/mol. The van der Waals surface area contributed by atoms with Gasteiger partial charge in [0.05, 0.1) is 5.71 Å². The number of carbonyl (C=O) groups is 1. The van der Waals surface area contributed by atoms with Gasteiger partial charge in [-0.25, -0.2) is 5.01 Å². The van der Waals surface area contributed by atoms with E-state index in [4.69, 9.17) is 5.73 Å². The van der Waals surface area contributed by atoms with E-state index in [1.165, 1.54) is 5.01 Å². The predicted molar refractivity (Wildman–Crippen MR) is 38.5 cm³/mol. The predicted octanol–water partition coefficient (Wildman–Crippen LogP) is -0.447. The number of hydrogen-bond donors (Lipinski definition) is 1. The molecule has 0 saturated carbocycles. The van der Waals surface area contributed by atoms with E-state index in [0.717, 1.165) is 12.1 Å². The number of hydrazone groups is 1. The molecule has 56 valence electrons. The van der Waals surface area contributed by atoms with Crippen LogP contribution in [0.4, 0.5) is 0 Å². The maximum Gasteiger partial charge on any atom is 0.242 e. The molecule has 0 aromatic rings.